The minimum atomic E-state index is -0.658. The van der Waals surface area contributed by atoms with Gasteiger partial charge >= 0.3 is 0 Å². The maximum Gasteiger partial charge on any atom is 0.211 e. The van der Waals surface area contributed by atoms with Gasteiger partial charge in [0.1, 0.15) is 11.3 Å². The average Bonchev–Trinajstić information content (AvgIpc) is 2.72. The summed E-state index contributed by atoms with van der Waals surface area (Å²) in [5.74, 6) is -1.00. The minimum absolute atomic E-state index is 0.0508. The lowest BCUT2D eigenvalue weighted by molar-refractivity contribution is 0.0890. The number of hydrogen-bond acceptors (Lipinski definition) is 8. The standard InChI is InChI=1S/C20H22O8/c1-24-12-8-6-11(7-9-12)13(21)10-14(22)15-16(23)18(26-3)20(28-5)19(27-4)17(15)25-2/h6-9,23H,10H2,1-5H3. The van der Waals surface area contributed by atoms with Crippen molar-refractivity contribution in [1.29, 1.82) is 0 Å². The first-order valence-electron chi connectivity index (χ1n) is 8.22. The van der Waals surface area contributed by atoms with Gasteiger partial charge in [-0.1, -0.05) is 0 Å². The highest BCUT2D eigenvalue weighted by molar-refractivity contribution is 6.16. The Labute approximate surface area is 162 Å². The van der Waals surface area contributed by atoms with Gasteiger partial charge in [0.15, 0.2) is 23.1 Å². The molecule has 0 bridgehead atoms. The lowest BCUT2D eigenvalue weighted by Crippen LogP contribution is -2.12. The van der Waals surface area contributed by atoms with Gasteiger partial charge in [-0.3, -0.25) is 9.59 Å². The van der Waals surface area contributed by atoms with Crippen LogP contribution in [0.15, 0.2) is 24.3 Å². The maximum absolute atomic E-state index is 12.9. The van der Waals surface area contributed by atoms with Crippen molar-refractivity contribution in [3.05, 3.63) is 35.4 Å². The number of carbonyl (C=O) groups is 2. The third-order valence-corrected chi connectivity index (χ3v) is 4.13. The number of ketones is 2. The zero-order chi connectivity index (χ0) is 20.8. The van der Waals surface area contributed by atoms with Crippen LogP contribution in [0.1, 0.15) is 27.1 Å². The normalized spacial score (nSPS) is 10.2. The van der Waals surface area contributed by atoms with Crippen molar-refractivity contribution in [3.8, 4) is 34.5 Å². The number of hydrogen-bond donors (Lipinski definition) is 1. The molecule has 0 aliphatic carbocycles. The molecular formula is C20H22O8. The van der Waals surface area contributed by atoms with Gasteiger partial charge in [-0.2, -0.15) is 0 Å². The third-order valence-electron chi connectivity index (χ3n) is 4.13. The van der Waals surface area contributed by atoms with Crippen molar-refractivity contribution >= 4 is 11.6 Å². The fraction of sp³-hybridized carbons (Fsp3) is 0.300. The lowest BCUT2D eigenvalue weighted by Gasteiger charge is -2.19. The second kappa shape index (κ2) is 8.98. The number of benzene rings is 2. The van der Waals surface area contributed by atoms with Gasteiger partial charge in [0.2, 0.25) is 17.2 Å². The highest BCUT2D eigenvalue weighted by atomic mass is 16.5. The summed E-state index contributed by atoms with van der Waals surface area (Å²) in [4.78, 5) is 25.4. The van der Waals surface area contributed by atoms with E-state index in [0.717, 1.165) is 0 Å². The molecule has 0 radical (unpaired) electrons. The van der Waals surface area contributed by atoms with Gasteiger partial charge in [0, 0.05) is 5.56 Å². The van der Waals surface area contributed by atoms with Gasteiger partial charge in [0.25, 0.3) is 0 Å². The largest absolute Gasteiger partial charge is 0.504 e. The molecule has 1 N–H and O–H groups in total. The van der Waals surface area contributed by atoms with Gasteiger partial charge in [-0.05, 0) is 24.3 Å². The van der Waals surface area contributed by atoms with E-state index >= 15 is 0 Å². The quantitative estimate of drug-likeness (QED) is 0.515. The Balaban J connectivity index is 2.47. The predicted molar refractivity (Wildman–Crippen MR) is 101 cm³/mol. The fourth-order valence-electron chi connectivity index (χ4n) is 2.78. The zero-order valence-corrected chi connectivity index (χ0v) is 16.3. The van der Waals surface area contributed by atoms with Gasteiger partial charge in [0.05, 0.1) is 42.0 Å². The highest BCUT2D eigenvalue weighted by Crippen LogP contribution is 2.53. The summed E-state index contributed by atoms with van der Waals surface area (Å²) in [5, 5.41) is 10.6. The number of Topliss-reactive ketones (excluding diaryl/α,β-unsaturated/α-hetero) is 2. The maximum atomic E-state index is 12.9. The Morgan fingerprint density at radius 3 is 1.68 bits per heavy atom. The topological polar surface area (TPSA) is 101 Å². The SMILES string of the molecule is COc1ccc(C(=O)CC(=O)c2c(O)c(OC)c(OC)c(OC)c2OC)cc1. The van der Waals surface area contributed by atoms with Gasteiger partial charge in [-0.25, -0.2) is 0 Å². The van der Waals surface area contributed by atoms with E-state index in [1.54, 1.807) is 24.3 Å². The fourth-order valence-corrected chi connectivity index (χ4v) is 2.78. The zero-order valence-electron chi connectivity index (χ0n) is 16.3. The van der Waals surface area contributed by atoms with E-state index < -0.39 is 23.7 Å². The second-order valence-corrected chi connectivity index (χ2v) is 5.61. The van der Waals surface area contributed by atoms with Crippen LogP contribution in [-0.2, 0) is 0 Å². The minimum Gasteiger partial charge on any atom is -0.504 e. The van der Waals surface area contributed by atoms with Crippen LogP contribution in [0, 0.1) is 0 Å². The number of carbonyl (C=O) groups excluding carboxylic acids is 2. The molecule has 8 nitrogen and oxygen atoms in total. The Kier molecular flexibility index (Phi) is 6.70. The molecule has 0 aliphatic rings. The van der Waals surface area contributed by atoms with Crippen molar-refractivity contribution in [1.82, 2.24) is 0 Å². The summed E-state index contributed by atoms with van der Waals surface area (Å²) in [6, 6.07) is 6.35. The molecule has 2 rings (SSSR count). The molecule has 0 aliphatic heterocycles. The first-order chi connectivity index (χ1) is 13.4. The Morgan fingerprint density at radius 1 is 0.714 bits per heavy atom. The number of methoxy groups -OCH3 is 5. The van der Waals surface area contributed by atoms with Crippen molar-refractivity contribution in [3.63, 3.8) is 0 Å². The van der Waals surface area contributed by atoms with Gasteiger partial charge in [-0.15, -0.1) is 0 Å². The molecular weight excluding hydrogens is 368 g/mol. The van der Waals surface area contributed by atoms with Crippen LogP contribution in [-0.4, -0.2) is 52.2 Å². The van der Waals surface area contributed by atoms with Crippen LogP contribution in [0.4, 0.5) is 0 Å². The van der Waals surface area contributed by atoms with E-state index in [4.69, 9.17) is 23.7 Å². The van der Waals surface area contributed by atoms with E-state index in [1.807, 2.05) is 0 Å². The van der Waals surface area contributed by atoms with Crippen LogP contribution in [0.25, 0.3) is 0 Å². The van der Waals surface area contributed by atoms with Crippen molar-refractivity contribution in [2.24, 2.45) is 0 Å². The van der Waals surface area contributed by atoms with E-state index in [0.29, 0.717) is 11.3 Å². The molecule has 28 heavy (non-hydrogen) atoms. The molecule has 0 saturated heterocycles. The van der Waals surface area contributed by atoms with E-state index in [1.165, 1.54) is 35.5 Å². The van der Waals surface area contributed by atoms with E-state index in [9.17, 15) is 14.7 Å². The summed E-state index contributed by atoms with van der Waals surface area (Å²) >= 11 is 0. The molecule has 2 aromatic carbocycles. The third kappa shape index (κ3) is 3.80. The van der Waals surface area contributed by atoms with Crippen LogP contribution < -0.4 is 23.7 Å². The molecule has 0 fully saturated rings. The average molecular weight is 390 g/mol. The Bertz CT molecular complexity index is 871. The summed E-state index contributed by atoms with van der Waals surface area (Å²) in [7, 11) is 6.84. The van der Waals surface area contributed by atoms with Gasteiger partial charge < -0.3 is 28.8 Å². The Hall–Kier alpha value is -3.42. The number of rotatable bonds is 9. The summed E-state index contributed by atoms with van der Waals surface area (Å²) in [6.45, 7) is 0. The summed E-state index contributed by atoms with van der Waals surface area (Å²) < 4.78 is 25.9. The van der Waals surface area contributed by atoms with E-state index in [2.05, 4.69) is 0 Å². The molecule has 0 amide bonds. The first-order valence-corrected chi connectivity index (χ1v) is 8.22. The molecule has 2 aromatic rings. The number of aromatic hydroxyl groups is 1. The van der Waals surface area contributed by atoms with Crippen molar-refractivity contribution in [2.75, 3.05) is 35.5 Å². The second-order valence-electron chi connectivity index (χ2n) is 5.61. The first kappa shape index (κ1) is 20.9. The number of phenols is 1. The summed E-state index contributed by atoms with van der Waals surface area (Å²) in [6.07, 6.45) is -0.491. The molecule has 0 saturated carbocycles. The monoisotopic (exact) mass is 390 g/mol. The molecule has 0 spiro atoms. The predicted octanol–water partition coefficient (Wildman–Crippen LogP) is 2.89. The molecule has 0 atom stereocenters. The Morgan fingerprint density at radius 2 is 1.21 bits per heavy atom. The molecule has 0 aromatic heterocycles. The number of phenolic OH excluding ortho intramolecular Hbond substituents is 1. The molecule has 0 unspecified atom stereocenters. The van der Waals surface area contributed by atoms with Crippen molar-refractivity contribution < 1.29 is 38.4 Å². The van der Waals surface area contributed by atoms with E-state index in [-0.39, 0.29) is 28.6 Å². The molecule has 0 heterocycles. The smallest absolute Gasteiger partial charge is 0.211 e. The van der Waals surface area contributed by atoms with Crippen LogP contribution in [0.2, 0.25) is 0 Å². The van der Waals surface area contributed by atoms with Crippen LogP contribution in [0.3, 0.4) is 0 Å². The lowest BCUT2D eigenvalue weighted by atomic mass is 9.98. The molecule has 8 heteroatoms. The highest BCUT2D eigenvalue weighted by Gasteiger charge is 2.31. The summed E-state index contributed by atoms with van der Waals surface area (Å²) in [5.41, 5.74) is 0.110. The molecule has 150 valence electrons. The number of ether oxygens (including phenoxy) is 5. The van der Waals surface area contributed by atoms with Crippen LogP contribution in [0.5, 0.6) is 34.5 Å². The van der Waals surface area contributed by atoms with Crippen molar-refractivity contribution in [2.45, 2.75) is 6.42 Å². The van der Waals surface area contributed by atoms with Crippen LogP contribution >= 0.6 is 0 Å².